The highest BCUT2D eigenvalue weighted by atomic mass is 35.5. The maximum Gasteiger partial charge on any atom is 0.253 e. The van der Waals surface area contributed by atoms with Crippen LogP contribution in [0.4, 0.5) is 0 Å². The molecule has 0 bridgehead atoms. The lowest BCUT2D eigenvalue weighted by Gasteiger charge is -2.17. The van der Waals surface area contributed by atoms with Crippen molar-refractivity contribution in [2.75, 3.05) is 13.6 Å². The number of halogens is 1. The van der Waals surface area contributed by atoms with Gasteiger partial charge in [-0.3, -0.25) is 4.79 Å². The lowest BCUT2D eigenvalue weighted by atomic mass is 10.1. The molecule has 2 N–H and O–H groups in total. The Morgan fingerprint density at radius 1 is 1.00 bits per heavy atom. The molecule has 0 aromatic heterocycles. The predicted molar refractivity (Wildman–Crippen MR) is 93.3 cm³/mol. The van der Waals surface area contributed by atoms with E-state index >= 15 is 0 Å². The number of aryl methyl sites for hydroxylation is 1. The minimum absolute atomic E-state index is 0. The van der Waals surface area contributed by atoms with E-state index in [2.05, 4.69) is 12.1 Å². The van der Waals surface area contributed by atoms with E-state index in [-0.39, 0.29) is 18.3 Å². The summed E-state index contributed by atoms with van der Waals surface area (Å²) in [6, 6.07) is 17.9. The largest absolute Gasteiger partial charge is 0.342 e. The van der Waals surface area contributed by atoms with Crippen LogP contribution in [0.2, 0.25) is 0 Å². The molecule has 0 aliphatic carbocycles. The summed E-state index contributed by atoms with van der Waals surface area (Å²) in [5, 5.41) is 0. The molecule has 4 heteroatoms. The molecule has 0 saturated carbocycles. The van der Waals surface area contributed by atoms with Gasteiger partial charge in [0, 0.05) is 25.7 Å². The van der Waals surface area contributed by atoms with Gasteiger partial charge in [0.1, 0.15) is 0 Å². The van der Waals surface area contributed by atoms with Crippen LogP contribution in [-0.2, 0) is 13.0 Å². The Morgan fingerprint density at radius 3 is 2.23 bits per heavy atom. The van der Waals surface area contributed by atoms with Gasteiger partial charge in [-0.2, -0.15) is 0 Å². The number of carbonyl (C=O) groups excluding carboxylic acids is 1. The van der Waals surface area contributed by atoms with Gasteiger partial charge in [-0.1, -0.05) is 42.5 Å². The van der Waals surface area contributed by atoms with Crippen LogP contribution in [0, 0.1) is 0 Å². The SMILES string of the molecule is CN(CCCc1ccccc1)C(=O)c1ccc(CN)cc1.Cl. The van der Waals surface area contributed by atoms with Crippen molar-refractivity contribution in [3.8, 4) is 0 Å². The minimum atomic E-state index is 0. The number of hydrogen-bond donors (Lipinski definition) is 1. The van der Waals surface area contributed by atoms with Gasteiger partial charge in [-0.15, -0.1) is 12.4 Å². The molecule has 0 atom stereocenters. The molecule has 0 saturated heterocycles. The summed E-state index contributed by atoms with van der Waals surface area (Å²) < 4.78 is 0. The van der Waals surface area contributed by atoms with Crippen LogP contribution < -0.4 is 5.73 Å². The fourth-order valence-electron chi connectivity index (χ4n) is 2.27. The van der Waals surface area contributed by atoms with Crippen molar-refractivity contribution in [2.45, 2.75) is 19.4 Å². The zero-order chi connectivity index (χ0) is 15.1. The third-order valence-corrected chi connectivity index (χ3v) is 3.59. The standard InChI is InChI=1S/C18H22N2O.ClH/c1-20(13-5-8-15-6-3-2-4-7-15)18(21)17-11-9-16(14-19)10-12-17;/h2-4,6-7,9-12H,5,8,13-14,19H2,1H3;1H. The van der Waals surface area contributed by atoms with Gasteiger partial charge in [-0.25, -0.2) is 0 Å². The molecule has 0 unspecified atom stereocenters. The lowest BCUT2D eigenvalue weighted by molar-refractivity contribution is 0.0793. The zero-order valence-corrected chi connectivity index (χ0v) is 13.7. The second kappa shape index (κ2) is 9.23. The summed E-state index contributed by atoms with van der Waals surface area (Å²) in [6.07, 6.45) is 1.96. The summed E-state index contributed by atoms with van der Waals surface area (Å²) in [5.74, 6) is 0.0617. The molecule has 2 aromatic rings. The summed E-state index contributed by atoms with van der Waals surface area (Å²) in [5.41, 5.74) is 8.63. The second-order valence-electron chi connectivity index (χ2n) is 5.22. The van der Waals surface area contributed by atoms with Crippen LogP contribution >= 0.6 is 12.4 Å². The van der Waals surface area contributed by atoms with E-state index in [4.69, 9.17) is 5.73 Å². The smallest absolute Gasteiger partial charge is 0.253 e. The Hall–Kier alpha value is -1.84. The molecule has 2 rings (SSSR count). The van der Waals surface area contributed by atoms with E-state index in [0.29, 0.717) is 6.54 Å². The number of rotatable bonds is 6. The van der Waals surface area contributed by atoms with E-state index in [1.54, 1.807) is 4.90 Å². The van der Waals surface area contributed by atoms with Crippen molar-refractivity contribution in [3.63, 3.8) is 0 Å². The number of benzene rings is 2. The fourth-order valence-corrected chi connectivity index (χ4v) is 2.27. The molecule has 3 nitrogen and oxygen atoms in total. The molecule has 118 valence electrons. The van der Waals surface area contributed by atoms with Gasteiger partial charge in [0.15, 0.2) is 0 Å². The van der Waals surface area contributed by atoms with E-state index < -0.39 is 0 Å². The third kappa shape index (κ3) is 5.17. The maximum atomic E-state index is 12.3. The molecule has 0 aliphatic rings. The quantitative estimate of drug-likeness (QED) is 0.888. The van der Waals surface area contributed by atoms with Crippen LogP contribution in [0.1, 0.15) is 27.9 Å². The highest BCUT2D eigenvalue weighted by molar-refractivity contribution is 5.94. The Bertz CT molecular complexity index is 569. The molecular formula is C18H23ClN2O. The molecule has 2 aromatic carbocycles. The zero-order valence-electron chi connectivity index (χ0n) is 12.9. The van der Waals surface area contributed by atoms with E-state index in [1.165, 1.54) is 5.56 Å². The molecule has 0 spiro atoms. The first-order chi connectivity index (χ1) is 10.2. The highest BCUT2D eigenvalue weighted by Gasteiger charge is 2.10. The predicted octanol–water partition coefficient (Wildman–Crippen LogP) is 3.27. The van der Waals surface area contributed by atoms with Crippen molar-refractivity contribution < 1.29 is 4.79 Å². The number of amides is 1. The van der Waals surface area contributed by atoms with Crippen molar-refractivity contribution in [2.24, 2.45) is 5.73 Å². The maximum absolute atomic E-state index is 12.3. The molecule has 1 amide bonds. The summed E-state index contributed by atoms with van der Waals surface area (Å²) in [7, 11) is 1.85. The first kappa shape index (κ1) is 18.2. The fraction of sp³-hybridized carbons (Fsp3) is 0.278. The van der Waals surface area contributed by atoms with Crippen molar-refractivity contribution in [1.82, 2.24) is 4.90 Å². The van der Waals surface area contributed by atoms with Crippen LogP contribution in [-0.4, -0.2) is 24.4 Å². The monoisotopic (exact) mass is 318 g/mol. The van der Waals surface area contributed by atoms with Gasteiger partial charge in [-0.05, 0) is 36.1 Å². The van der Waals surface area contributed by atoms with Crippen LogP contribution in [0.3, 0.4) is 0 Å². The number of carbonyl (C=O) groups is 1. The molecule has 0 heterocycles. The minimum Gasteiger partial charge on any atom is -0.342 e. The molecule has 0 radical (unpaired) electrons. The average molecular weight is 319 g/mol. The topological polar surface area (TPSA) is 46.3 Å². The number of hydrogen-bond acceptors (Lipinski definition) is 2. The van der Waals surface area contributed by atoms with Gasteiger partial charge in [0.05, 0.1) is 0 Å². The Labute approximate surface area is 138 Å². The summed E-state index contributed by atoms with van der Waals surface area (Å²) in [6.45, 7) is 1.26. The normalized spacial score (nSPS) is 9.91. The Kier molecular flexibility index (Phi) is 7.64. The number of nitrogens with two attached hydrogens (primary N) is 1. The van der Waals surface area contributed by atoms with Crippen molar-refractivity contribution in [1.29, 1.82) is 0 Å². The highest BCUT2D eigenvalue weighted by Crippen LogP contribution is 2.08. The van der Waals surface area contributed by atoms with Gasteiger partial charge >= 0.3 is 0 Å². The van der Waals surface area contributed by atoms with Crippen LogP contribution in [0.25, 0.3) is 0 Å². The van der Waals surface area contributed by atoms with Gasteiger partial charge in [0.2, 0.25) is 0 Å². The molecular weight excluding hydrogens is 296 g/mol. The van der Waals surface area contributed by atoms with Crippen molar-refractivity contribution >= 4 is 18.3 Å². The van der Waals surface area contributed by atoms with Gasteiger partial charge in [0.25, 0.3) is 5.91 Å². The second-order valence-corrected chi connectivity index (χ2v) is 5.22. The number of nitrogens with zero attached hydrogens (tertiary/aromatic N) is 1. The summed E-state index contributed by atoms with van der Waals surface area (Å²) >= 11 is 0. The van der Waals surface area contributed by atoms with E-state index in [9.17, 15) is 4.79 Å². The van der Waals surface area contributed by atoms with Crippen LogP contribution in [0.5, 0.6) is 0 Å². The van der Waals surface area contributed by atoms with Gasteiger partial charge < -0.3 is 10.6 Å². The van der Waals surface area contributed by atoms with E-state index in [1.807, 2.05) is 49.5 Å². The van der Waals surface area contributed by atoms with Crippen LogP contribution in [0.15, 0.2) is 54.6 Å². The first-order valence-corrected chi connectivity index (χ1v) is 7.29. The molecule has 0 aliphatic heterocycles. The van der Waals surface area contributed by atoms with Crippen molar-refractivity contribution in [3.05, 3.63) is 71.3 Å². The Morgan fingerprint density at radius 2 is 1.64 bits per heavy atom. The average Bonchev–Trinajstić information content (AvgIpc) is 2.55. The Balaban J connectivity index is 0.00000242. The molecule has 22 heavy (non-hydrogen) atoms. The third-order valence-electron chi connectivity index (χ3n) is 3.59. The molecule has 0 fully saturated rings. The first-order valence-electron chi connectivity index (χ1n) is 7.29. The lowest BCUT2D eigenvalue weighted by Crippen LogP contribution is -2.28. The summed E-state index contributed by atoms with van der Waals surface area (Å²) in [4.78, 5) is 14.1. The van der Waals surface area contributed by atoms with E-state index in [0.717, 1.165) is 30.5 Å².